The first kappa shape index (κ1) is 16.0. The van der Waals surface area contributed by atoms with Crippen molar-refractivity contribution in [1.82, 2.24) is 5.32 Å². The summed E-state index contributed by atoms with van der Waals surface area (Å²) in [4.78, 5) is 0. The van der Waals surface area contributed by atoms with Gasteiger partial charge in [0, 0.05) is 19.2 Å². The van der Waals surface area contributed by atoms with Crippen LogP contribution in [0.25, 0.3) is 0 Å². The molecule has 0 aliphatic heterocycles. The van der Waals surface area contributed by atoms with E-state index in [2.05, 4.69) is 31.3 Å². The smallest absolute Gasteiger partial charge is 0.119 e. The zero-order valence-electron chi connectivity index (χ0n) is 12.6. The van der Waals surface area contributed by atoms with E-state index in [-0.39, 0.29) is 0 Å². The Labute approximate surface area is 117 Å². The monoisotopic (exact) mass is 265 g/mol. The fourth-order valence-electron chi connectivity index (χ4n) is 2.23. The van der Waals surface area contributed by atoms with Gasteiger partial charge in [0.1, 0.15) is 5.75 Å². The minimum Gasteiger partial charge on any atom is -0.494 e. The molecule has 3 heteroatoms. The molecule has 1 aromatic carbocycles. The second-order valence-corrected chi connectivity index (χ2v) is 4.83. The number of benzene rings is 1. The van der Waals surface area contributed by atoms with Crippen LogP contribution in [-0.2, 0) is 4.74 Å². The van der Waals surface area contributed by atoms with E-state index in [1.54, 1.807) is 7.11 Å². The van der Waals surface area contributed by atoms with Gasteiger partial charge in [-0.05, 0) is 38.0 Å². The van der Waals surface area contributed by atoms with Gasteiger partial charge in [-0.25, -0.2) is 0 Å². The topological polar surface area (TPSA) is 30.5 Å². The second kappa shape index (κ2) is 8.94. The van der Waals surface area contributed by atoms with E-state index >= 15 is 0 Å². The Kier molecular flexibility index (Phi) is 7.53. The molecule has 3 nitrogen and oxygen atoms in total. The number of hydrogen-bond donors (Lipinski definition) is 1. The van der Waals surface area contributed by atoms with Crippen molar-refractivity contribution in [3.05, 3.63) is 29.8 Å². The van der Waals surface area contributed by atoms with E-state index in [4.69, 9.17) is 9.47 Å². The Morgan fingerprint density at radius 1 is 1.16 bits per heavy atom. The van der Waals surface area contributed by atoms with Gasteiger partial charge in [-0.1, -0.05) is 25.5 Å². The molecule has 0 aliphatic carbocycles. The van der Waals surface area contributed by atoms with E-state index in [1.807, 2.05) is 19.1 Å². The van der Waals surface area contributed by atoms with Crippen molar-refractivity contribution in [1.29, 1.82) is 0 Å². The number of rotatable bonds is 9. The Hall–Kier alpha value is -1.06. The summed E-state index contributed by atoms with van der Waals surface area (Å²) < 4.78 is 10.7. The van der Waals surface area contributed by atoms with Crippen molar-refractivity contribution in [2.45, 2.75) is 45.7 Å². The van der Waals surface area contributed by atoms with E-state index in [1.165, 1.54) is 5.56 Å². The van der Waals surface area contributed by atoms with Crippen LogP contribution in [0.5, 0.6) is 5.75 Å². The molecule has 0 saturated heterocycles. The molecule has 0 fully saturated rings. The summed E-state index contributed by atoms with van der Waals surface area (Å²) in [7, 11) is 1.76. The van der Waals surface area contributed by atoms with Crippen molar-refractivity contribution >= 4 is 0 Å². The molecule has 1 N–H and O–H groups in total. The van der Waals surface area contributed by atoms with Crippen LogP contribution >= 0.6 is 0 Å². The molecule has 19 heavy (non-hydrogen) atoms. The van der Waals surface area contributed by atoms with Gasteiger partial charge in [0.2, 0.25) is 0 Å². The fraction of sp³-hybridized carbons (Fsp3) is 0.625. The first-order valence-electron chi connectivity index (χ1n) is 7.19. The number of nitrogens with one attached hydrogen (secondary N) is 1. The molecule has 0 amide bonds. The summed E-state index contributed by atoms with van der Waals surface area (Å²) in [5, 5.41) is 3.62. The van der Waals surface area contributed by atoms with Crippen LogP contribution in [-0.4, -0.2) is 26.4 Å². The van der Waals surface area contributed by atoms with Crippen LogP contribution < -0.4 is 10.1 Å². The molecule has 108 valence electrons. The van der Waals surface area contributed by atoms with Gasteiger partial charge in [-0.3, -0.25) is 0 Å². The number of methoxy groups -OCH3 is 1. The van der Waals surface area contributed by atoms with Gasteiger partial charge in [0.25, 0.3) is 0 Å². The Morgan fingerprint density at radius 3 is 2.37 bits per heavy atom. The van der Waals surface area contributed by atoms with Crippen LogP contribution in [0.15, 0.2) is 24.3 Å². The highest BCUT2D eigenvalue weighted by Gasteiger charge is 2.12. The van der Waals surface area contributed by atoms with Crippen LogP contribution in [0, 0.1) is 0 Å². The lowest BCUT2D eigenvalue weighted by molar-refractivity contribution is 0.157. The predicted molar refractivity (Wildman–Crippen MR) is 79.7 cm³/mol. The van der Waals surface area contributed by atoms with Gasteiger partial charge in [-0.15, -0.1) is 0 Å². The zero-order chi connectivity index (χ0) is 14.1. The van der Waals surface area contributed by atoms with Crippen molar-refractivity contribution in [3.63, 3.8) is 0 Å². The molecule has 1 aromatic rings. The molecule has 0 saturated carbocycles. The highest BCUT2D eigenvalue weighted by Crippen LogP contribution is 2.18. The standard InChI is InChI=1S/C16H27NO2/c1-5-7-15(12-18-4)17-13(3)14-8-10-16(11-9-14)19-6-2/h8-11,13,15,17H,5-7,12H2,1-4H3. The van der Waals surface area contributed by atoms with Gasteiger partial charge < -0.3 is 14.8 Å². The highest BCUT2D eigenvalue weighted by molar-refractivity contribution is 5.29. The summed E-state index contributed by atoms with van der Waals surface area (Å²) in [5.41, 5.74) is 1.28. The number of hydrogen-bond acceptors (Lipinski definition) is 3. The number of ether oxygens (including phenoxy) is 2. The molecule has 2 atom stereocenters. The van der Waals surface area contributed by atoms with E-state index in [0.717, 1.165) is 25.2 Å². The minimum atomic E-state index is 0.322. The molecular weight excluding hydrogens is 238 g/mol. The van der Waals surface area contributed by atoms with E-state index < -0.39 is 0 Å². The summed E-state index contributed by atoms with van der Waals surface area (Å²) in [6, 6.07) is 9.04. The van der Waals surface area contributed by atoms with Gasteiger partial charge in [-0.2, -0.15) is 0 Å². The zero-order valence-corrected chi connectivity index (χ0v) is 12.6. The first-order chi connectivity index (χ1) is 9.21. The molecule has 0 aromatic heterocycles. The third kappa shape index (κ3) is 5.62. The quantitative estimate of drug-likeness (QED) is 0.740. The molecule has 1 rings (SSSR count). The van der Waals surface area contributed by atoms with Crippen molar-refractivity contribution in [2.24, 2.45) is 0 Å². The maximum atomic E-state index is 5.46. The fourth-order valence-corrected chi connectivity index (χ4v) is 2.23. The normalized spacial score (nSPS) is 14.1. The van der Waals surface area contributed by atoms with Gasteiger partial charge in [0.05, 0.1) is 13.2 Å². The van der Waals surface area contributed by atoms with Crippen LogP contribution in [0.2, 0.25) is 0 Å². The summed E-state index contributed by atoms with van der Waals surface area (Å²) in [5.74, 6) is 0.931. The van der Waals surface area contributed by atoms with Crippen LogP contribution in [0.3, 0.4) is 0 Å². The first-order valence-corrected chi connectivity index (χ1v) is 7.19. The second-order valence-electron chi connectivity index (χ2n) is 4.83. The average molecular weight is 265 g/mol. The summed E-state index contributed by atoms with van der Waals surface area (Å²) in [6.07, 6.45) is 2.30. The maximum absolute atomic E-state index is 5.46. The van der Waals surface area contributed by atoms with E-state index in [0.29, 0.717) is 18.7 Å². The molecule has 0 bridgehead atoms. The molecule has 0 heterocycles. The van der Waals surface area contributed by atoms with Crippen LogP contribution in [0.4, 0.5) is 0 Å². The molecule has 2 unspecified atom stereocenters. The van der Waals surface area contributed by atoms with Crippen molar-refractivity contribution < 1.29 is 9.47 Å². The Morgan fingerprint density at radius 2 is 1.84 bits per heavy atom. The van der Waals surface area contributed by atoms with Crippen molar-refractivity contribution in [2.75, 3.05) is 20.3 Å². The third-order valence-corrected chi connectivity index (χ3v) is 3.18. The Balaban J connectivity index is 2.57. The lowest BCUT2D eigenvalue weighted by Gasteiger charge is -2.23. The van der Waals surface area contributed by atoms with Gasteiger partial charge >= 0.3 is 0 Å². The lowest BCUT2D eigenvalue weighted by atomic mass is 10.1. The van der Waals surface area contributed by atoms with Gasteiger partial charge in [0.15, 0.2) is 0 Å². The summed E-state index contributed by atoms with van der Waals surface area (Å²) >= 11 is 0. The predicted octanol–water partition coefficient (Wildman–Crippen LogP) is 3.55. The van der Waals surface area contributed by atoms with Crippen LogP contribution in [0.1, 0.15) is 45.2 Å². The minimum absolute atomic E-state index is 0.322. The molecule has 0 radical (unpaired) electrons. The molecule has 0 spiro atoms. The molecular formula is C16H27NO2. The molecule has 0 aliphatic rings. The lowest BCUT2D eigenvalue weighted by Crippen LogP contribution is -2.35. The highest BCUT2D eigenvalue weighted by atomic mass is 16.5. The largest absolute Gasteiger partial charge is 0.494 e. The third-order valence-electron chi connectivity index (χ3n) is 3.18. The van der Waals surface area contributed by atoms with E-state index in [9.17, 15) is 0 Å². The maximum Gasteiger partial charge on any atom is 0.119 e. The Bertz CT molecular complexity index is 331. The summed E-state index contributed by atoms with van der Waals surface area (Å²) in [6.45, 7) is 7.85. The average Bonchev–Trinajstić information content (AvgIpc) is 2.40. The van der Waals surface area contributed by atoms with Crippen molar-refractivity contribution in [3.8, 4) is 5.75 Å². The SMILES string of the molecule is CCCC(COC)NC(C)c1ccc(OCC)cc1.